The van der Waals surface area contributed by atoms with Gasteiger partial charge in [-0.25, -0.2) is 4.98 Å². The fraction of sp³-hybridized carbons (Fsp3) is 0.700. The van der Waals surface area contributed by atoms with E-state index in [0.717, 1.165) is 25.9 Å². The predicted molar refractivity (Wildman–Crippen MR) is 54.1 cm³/mol. The maximum absolute atomic E-state index is 12.4. The van der Waals surface area contributed by atoms with E-state index in [1.54, 1.807) is 0 Å². The van der Waals surface area contributed by atoms with Crippen LogP contribution in [0.1, 0.15) is 24.4 Å². The summed E-state index contributed by atoms with van der Waals surface area (Å²) < 4.78 is 37.2. The Kier molecular flexibility index (Phi) is 3.56. The van der Waals surface area contributed by atoms with Crippen LogP contribution in [-0.4, -0.2) is 28.3 Å². The summed E-state index contributed by atoms with van der Waals surface area (Å²) in [5.74, 6) is 0.475. The van der Waals surface area contributed by atoms with Gasteiger partial charge in [-0.2, -0.15) is 18.3 Å². The van der Waals surface area contributed by atoms with Crippen LogP contribution >= 0.6 is 0 Å². The van der Waals surface area contributed by atoms with Gasteiger partial charge in [0.25, 0.3) is 0 Å². The van der Waals surface area contributed by atoms with Crippen molar-refractivity contribution >= 4 is 0 Å². The Hall–Kier alpha value is -1.24. The zero-order valence-electron chi connectivity index (χ0n) is 9.17. The highest BCUT2D eigenvalue weighted by Gasteiger charge is 2.33. The Balaban J connectivity index is 2.05. The minimum Gasteiger partial charge on any atom is -0.316 e. The number of piperidine rings is 1. The molecule has 7 heteroatoms. The smallest absolute Gasteiger partial charge is 0.316 e. The molecule has 0 saturated carbocycles. The first-order valence-corrected chi connectivity index (χ1v) is 5.52. The molecular weight excluding hydrogens is 233 g/mol. The molecule has 1 N–H and O–H groups in total. The quantitative estimate of drug-likeness (QED) is 0.857. The molecule has 1 atom stereocenters. The second-order valence-electron chi connectivity index (χ2n) is 4.17. The van der Waals surface area contributed by atoms with Crippen molar-refractivity contribution in [2.24, 2.45) is 5.92 Å². The van der Waals surface area contributed by atoms with E-state index in [0.29, 0.717) is 18.5 Å². The molecule has 1 aliphatic heterocycles. The van der Waals surface area contributed by atoms with E-state index >= 15 is 0 Å². The zero-order chi connectivity index (χ0) is 12.3. The number of rotatable bonds is 2. The Bertz CT molecular complexity index is 374. The number of halogens is 3. The first-order valence-electron chi connectivity index (χ1n) is 5.52. The summed E-state index contributed by atoms with van der Waals surface area (Å²) in [6.07, 6.45) is -1.31. The molecule has 0 aliphatic carbocycles. The van der Waals surface area contributed by atoms with E-state index in [2.05, 4.69) is 20.5 Å². The van der Waals surface area contributed by atoms with E-state index in [4.69, 9.17) is 0 Å². The summed E-state index contributed by atoms with van der Waals surface area (Å²) in [6, 6.07) is 0. The van der Waals surface area contributed by atoms with Crippen LogP contribution in [0.25, 0.3) is 0 Å². The highest BCUT2D eigenvalue weighted by molar-refractivity contribution is 5.01. The van der Waals surface area contributed by atoms with Crippen molar-refractivity contribution in [2.45, 2.75) is 25.4 Å². The van der Waals surface area contributed by atoms with Crippen molar-refractivity contribution in [3.05, 3.63) is 17.7 Å². The van der Waals surface area contributed by atoms with Gasteiger partial charge in [0.1, 0.15) is 0 Å². The summed E-state index contributed by atoms with van der Waals surface area (Å²) >= 11 is 0. The fourth-order valence-electron chi connectivity index (χ4n) is 1.92. The minimum absolute atomic E-state index is 0.175. The summed E-state index contributed by atoms with van der Waals surface area (Å²) in [5, 5.41) is 10.2. The topological polar surface area (TPSA) is 50.7 Å². The van der Waals surface area contributed by atoms with Crippen molar-refractivity contribution in [1.29, 1.82) is 0 Å². The third kappa shape index (κ3) is 3.36. The first-order chi connectivity index (χ1) is 8.05. The SMILES string of the molecule is FC(F)(F)c1cnnc(CC2CCCNC2)n1. The van der Waals surface area contributed by atoms with Crippen LogP contribution in [0.15, 0.2) is 6.20 Å². The molecule has 4 nitrogen and oxygen atoms in total. The van der Waals surface area contributed by atoms with Gasteiger partial charge in [-0.1, -0.05) is 0 Å². The lowest BCUT2D eigenvalue weighted by atomic mass is 9.96. The molecule has 1 aromatic rings. The normalized spacial score (nSPS) is 21.5. The zero-order valence-corrected chi connectivity index (χ0v) is 9.17. The van der Waals surface area contributed by atoms with E-state index < -0.39 is 11.9 Å². The molecule has 2 rings (SSSR count). The van der Waals surface area contributed by atoms with Gasteiger partial charge in [0.15, 0.2) is 11.5 Å². The molecule has 1 aliphatic rings. The van der Waals surface area contributed by atoms with Gasteiger partial charge in [0.2, 0.25) is 0 Å². The third-order valence-electron chi connectivity index (χ3n) is 2.76. The van der Waals surface area contributed by atoms with E-state index in [-0.39, 0.29) is 5.82 Å². The van der Waals surface area contributed by atoms with Crippen LogP contribution < -0.4 is 5.32 Å². The molecule has 0 spiro atoms. The number of hydrogen-bond acceptors (Lipinski definition) is 4. The molecule has 1 unspecified atom stereocenters. The van der Waals surface area contributed by atoms with Crippen LogP contribution in [0.5, 0.6) is 0 Å². The lowest BCUT2D eigenvalue weighted by Gasteiger charge is -2.21. The van der Waals surface area contributed by atoms with Crippen molar-refractivity contribution in [3.8, 4) is 0 Å². The number of hydrogen-bond donors (Lipinski definition) is 1. The maximum atomic E-state index is 12.4. The number of nitrogens with one attached hydrogen (secondary N) is 1. The lowest BCUT2D eigenvalue weighted by molar-refractivity contribution is -0.141. The molecule has 94 valence electrons. The Morgan fingerprint density at radius 1 is 1.41 bits per heavy atom. The lowest BCUT2D eigenvalue weighted by Crippen LogP contribution is -2.31. The van der Waals surface area contributed by atoms with Crippen LogP contribution in [0.3, 0.4) is 0 Å². The number of alkyl halides is 3. The van der Waals surface area contributed by atoms with Gasteiger partial charge < -0.3 is 5.32 Å². The van der Waals surface area contributed by atoms with E-state index in [1.807, 2.05) is 0 Å². The third-order valence-corrected chi connectivity index (χ3v) is 2.76. The highest BCUT2D eigenvalue weighted by atomic mass is 19.4. The molecule has 1 aromatic heterocycles. The van der Waals surface area contributed by atoms with Crippen LogP contribution in [-0.2, 0) is 12.6 Å². The van der Waals surface area contributed by atoms with Gasteiger partial charge in [0.05, 0.1) is 6.20 Å². The molecule has 0 aromatic carbocycles. The van der Waals surface area contributed by atoms with Crippen molar-refractivity contribution in [3.63, 3.8) is 0 Å². The predicted octanol–water partition coefficient (Wildman–Crippen LogP) is 1.43. The largest absolute Gasteiger partial charge is 0.435 e. The van der Waals surface area contributed by atoms with E-state index in [1.165, 1.54) is 0 Å². The molecule has 17 heavy (non-hydrogen) atoms. The van der Waals surface area contributed by atoms with Gasteiger partial charge in [-0.3, -0.25) is 0 Å². The second-order valence-corrected chi connectivity index (χ2v) is 4.17. The van der Waals surface area contributed by atoms with Gasteiger partial charge in [-0.05, 0) is 31.8 Å². The summed E-state index contributed by atoms with van der Waals surface area (Å²) in [6.45, 7) is 1.78. The molecule has 2 heterocycles. The van der Waals surface area contributed by atoms with E-state index in [9.17, 15) is 13.2 Å². The first kappa shape index (κ1) is 12.2. The standard InChI is InChI=1S/C10H13F3N4/c11-10(12,13)8-6-15-17-9(16-8)4-7-2-1-3-14-5-7/h6-7,14H,1-5H2. The fourth-order valence-corrected chi connectivity index (χ4v) is 1.92. The highest BCUT2D eigenvalue weighted by Crippen LogP contribution is 2.26. The van der Waals surface area contributed by atoms with Crippen molar-refractivity contribution in [2.75, 3.05) is 13.1 Å². The van der Waals surface area contributed by atoms with Crippen molar-refractivity contribution in [1.82, 2.24) is 20.5 Å². The monoisotopic (exact) mass is 246 g/mol. The number of nitrogens with zero attached hydrogens (tertiary/aromatic N) is 3. The minimum atomic E-state index is -4.45. The Labute approximate surface area is 96.7 Å². The summed E-state index contributed by atoms with van der Waals surface area (Å²) in [5.41, 5.74) is -0.966. The Morgan fingerprint density at radius 2 is 2.24 bits per heavy atom. The molecule has 1 fully saturated rings. The van der Waals surface area contributed by atoms with Crippen LogP contribution in [0.2, 0.25) is 0 Å². The average molecular weight is 246 g/mol. The van der Waals surface area contributed by atoms with Gasteiger partial charge in [-0.15, -0.1) is 5.10 Å². The molecule has 0 radical (unpaired) electrons. The Morgan fingerprint density at radius 3 is 2.88 bits per heavy atom. The average Bonchev–Trinajstić information content (AvgIpc) is 2.29. The second kappa shape index (κ2) is 4.95. The number of aromatic nitrogens is 3. The summed E-state index contributed by atoms with van der Waals surface area (Å²) in [4.78, 5) is 3.51. The van der Waals surface area contributed by atoms with Crippen molar-refractivity contribution < 1.29 is 13.2 Å². The maximum Gasteiger partial charge on any atom is 0.435 e. The molecule has 1 saturated heterocycles. The molecule has 0 amide bonds. The van der Waals surface area contributed by atoms with Gasteiger partial charge in [0, 0.05) is 6.42 Å². The molecule has 0 bridgehead atoms. The van der Waals surface area contributed by atoms with Crippen LogP contribution in [0.4, 0.5) is 13.2 Å². The summed E-state index contributed by atoms with van der Waals surface area (Å²) in [7, 11) is 0. The molecular formula is C10H13F3N4. The van der Waals surface area contributed by atoms with Gasteiger partial charge >= 0.3 is 6.18 Å². The van der Waals surface area contributed by atoms with Crippen LogP contribution in [0, 0.1) is 5.92 Å².